The number of rotatable bonds is 2. The van der Waals surface area contributed by atoms with Crippen LogP contribution in [0.1, 0.15) is 38.5 Å². The standard InChI is InChI=1S/C15H19FN2/c16-13-2-1-3-14(17-13)18-15-7-10-4-11(8-15)6-12(5-10)9-15/h1-3,10-12H,4-9H2,(H,17,18). The van der Waals surface area contributed by atoms with E-state index >= 15 is 0 Å². The first-order valence-corrected chi connectivity index (χ1v) is 7.12. The maximum Gasteiger partial charge on any atom is 0.214 e. The fourth-order valence-corrected chi connectivity index (χ4v) is 5.01. The van der Waals surface area contributed by atoms with Crippen LogP contribution in [0, 0.1) is 23.7 Å². The van der Waals surface area contributed by atoms with Crippen molar-refractivity contribution in [2.75, 3.05) is 5.32 Å². The first-order chi connectivity index (χ1) is 8.71. The van der Waals surface area contributed by atoms with Crippen LogP contribution in [0.15, 0.2) is 18.2 Å². The zero-order chi connectivity index (χ0) is 12.2. The fraction of sp³-hybridized carbons (Fsp3) is 0.667. The molecule has 96 valence electrons. The Kier molecular flexibility index (Phi) is 2.21. The minimum absolute atomic E-state index is 0.218. The number of aromatic nitrogens is 1. The molecule has 0 saturated heterocycles. The second-order valence-corrected chi connectivity index (χ2v) is 6.67. The lowest BCUT2D eigenvalue weighted by atomic mass is 9.53. The number of nitrogens with zero attached hydrogens (tertiary/aromatic N) is 1. The monoisotopic (exact) mass is 246 g/mol. The zero-order valence-electron chi connectivity index (χ0n) is 10.5. The van der Waals surface area contributed by atoms with E-state index in [9.17, 15) is 4.39 Å². The Morgan fingerprint density at radius 3 is 2.22 bits per heavy atom. The molecular weight excluding hydrogens is 227 g/mol. The molecule has 1 heterocycles. The summed E-state index contributed by atoms with van der Waals surface area (Å²) >= 11 is 0. The van der Waals surface area contributed by atoms with Crippen LogP contribution in [0.5, 0.6) is 0 Å². The lowest BCUT2D eigenvalue weighted by Crippen LogP contribution is -2.54. The van der Waals surface area contributed by atoms with Gasteiger partial charge in [-0.3, -0.25) is 0 Å². The summed E-state index contributed by atoms with van der Waals surface area (Å²) in [5.74, 6) is 3.04. The molecule has 1 aromatic heterocycles. The minimum atomic E-state index is -0.385. The third-order valence-electron chi connectivity index (χ3n) is 5.15. The highest BCUT2D eigenvalue weighted by Crippen LogP contribution is 2.56. The van der Waals surface area contributed by atoms with Gasteiger partial charge in [-0.15, -0.1) is 0 Å². The second-order valence-electron chi connectivity index (χ2n) is 6.67. The van der Waals surface area contributed by atoms with Crippen LogP contribution in [0.25, 0.3) is 0 Å². The molecule has 2 nitrogen and oxygen atoms in total. The predicted molar refractivity (Wildman–Crippen MR) is 68.7 cm³/mol. The van der Waals surface area contributed by atoms with Crippen molar-refractivity contribution in [3.05, 3.63) is 24.1 Å². The summed E-state index contributed by atoms with van der Waals surface area (Å²) in [5, 5.41) is 3.58. The van der Waals surface area contributed by atoms with Gasteiger partial charge in [0.05, 0.1) is 0 Å². The van der Waals surface area contributed by atoms with Gasteiger partial charge < -0.3 is 5.32 Å². The molecular formula is C15H19FN2. The van der Waals surface area contributed by atoms with Gasteiger partial charge in [0.15, 0.2) is 0 Å². The minimum Gasteiger partial charge on any atom is -0.365 e. The molecule has 0 aromatic carbocycles. The summed E-state index contributed by atoms with van der Waals surface area (Å²) in [5.41, 5.74) is 0.218. The van der Waals surface area contributed by atoms with Crippen molar-refractivity contribution in [3.8, 4) is 0 Å². The average Bonchev–Trinajstić information content (AvgIpc) is 2.25. The molecule has 0 atom stereocenters. The molecule has 1 N–H and O–H groups in total. The molecule has 0 unspecified atom stereocenters. The second kappa shape index (κ2) is 3.69. The fourth-order valence-electron chi connectivity index (χ4n) is 5.01. The summed E-state index contributed by atoms with van der Waals surface area (Å²) in [4.78, 5) is 3.97. The van der Waals surface area contributed by atoms with Crippen LogP contribution in [-0.2, 0) is 0 Å². The van der Waals surface area contributed by atoms with Crippen molar-refractivity contribution < 1.29 is 4.39 Å². The van der Waals surface area contributed by atoms with Gasteiger partial charge in [-0.2, -0.15) is 4.39 Å². The number of halogens is 1. The Bertz CT molecular complexity index is 436. The highest BCUT2D eigenvalue weighted by molar-refractivity contribution is 5.38. The van der Waals surface area contributed by atoms with Crippen LogP contribution in [0.3, 0.4) is 0 Å². The number of pyridine rings is 1. The number of anilines is 1. The Morgan fingerprint density at radius 2 is 1.67 bits per heavy atom. The Hall–Kier alpha value is -1.12. The first-order valence-electron chi connectivity index (χ1n) is 7.12. The Labute approximate surface area is 107 Å². The van der Waals surface area contributed by atoms with Crippen LogP contribution >= 0.6 is 0 Å². The molecule has 1 aromatic rings. The van der Waals surface area contributed by atoms with Gasteiger partial charge >= 0.3 is 0 Å². The van der Waals surface area contributed by atoms with Gasteiger partial charge in [0, 0.05) is 5.54 Å². The van der Waals surface area contributed by atoms with E-state index in [4.69, 9.17) is 0 Å². The maximum absolute atomic E-state index is 13.2. The molecule has 4 bridgehead atoms. The third-order valence-corrected chi connectivity index (χ3v) is 5.15. The summed E-state index contributed by atoms with van der Waals surface area (Å²) in [7, 11) is 0. The van der Waals surface area contributed by atoms with Crippen molar-refractivity contribution in [2.24, 2.45) is 17.8 Å². The van der Waals surface area contributed by atoms with Gasteiger partial charge in [-0.1, -0.05) is 6.07 Å². The summed E-state index contributed by atoms with van der Waals surface area (Å²) in [6, 6.07) is 5.04. The first kappa shape index (κ1) is 10.8. The zero-order valence-corrected chi connectivity index (χ0v) is 10.5. The number of nitrogens with one attached hydrogen (secondary N) is 1. The summed E-state index contributed by atoms with van der Waals surface area (Å²) in [6.07, 6.45) is 8.07. The topological polar surface area (TPSA) is 24.9 Å². The van der Waals surface area contributed by atoms with E-state index < -0.39 is 0 Å². The molecule has 0 amide bonds. The molecule has 18 heavy (non-hydrogen) atoms. The lowest BCUT2D eigenvalue weighted by Gasteiger charge is -2.57. The van der Waals surface area contributed by atoms with Crippen molar-refractivity contribution >= 4 is 5.82 Å². The Balaban J connectivity index is 1.60. The molecule has 3 heteroatoms. The average molecular weight is 246 g/mol. The molecule has 4 saturated carbocycles. The van der Waals surface area contributed by atoms with Crippen molar-refractivity contribution in [1.82, 2.24) is 4.98 Å². The molecule has 0 aliphatic heterocycles. The molecule has 4 aliphatic rings. The number of hydrogen-bond donors (Lipinski definition) is 1. The molecule has 4 fully saturated rings. The normalized spacial score (nSPS) is 41.1. The van der Waals surface area contributed by atoms with Crippen molar-refractivity contribution in [1.29, 1.82) is 0 Å². The van der Waals surface area contributed by atoms with E-state index in [1.54, 1.807) is 6.07 Å². The smallest absolute Gasteiger partial charge is 0.214 e. The molecule has 5 rings (SSSR count). The molecule has 4 aliphatic carbocycles. The SMILES string of the molecule is Fc1cccc(NC23CC4CC(CC(C4)C2)C3)n1. The van der Waals surface area contributed by atoms with Gasteiger partial charge in [-0.05, 0) is 68.4 Å². The third kappa shape index (κ3) is 1.72. The number of hydrogen-bond acceptors (Lipinski definition) is 2. The highest BCUT2D eigenvalue weighted by atomic mass is 19.1. The molecule has 0 spiro atoms. The van der Waals surface area contributed by atoms with Crippen molar-refractivity contribution in [3.63, 3.8) is 0 Å². The van der Waals surface area contributed by atoms with E-state index in [1.807, 2.05) is 6.07 Å². The van der Waals surface area contributed by atoms with Crippen LogP contribution in [-0.4, -0.2) is 10.5 Å². The maximum atomic E-state index is 13.2. The van der Waals surface area contributed by atoms with Crippen LogP contribution in [0.2, 0.25) is 0 Å². The Morgan fingerprint density at radius 1 is 1.06 bits per heavy atom. The van der Waals surface area contributed by atoms with E-state index in [-0.39, 0.29) is 11.5 Å². The van der Waals surface area contributed by atoms with E-state index in [1.165, 1.54) is 44.6 Å². The molecule has 0 radical (unpaired) electrons. The van der Waals surface area contributed by atoms with Gasteiger partial charge in [0.25, 0.3) is 0 Å². The van der Waals surface area contributed by atoms with Gasteiger partial charge in [-0.25, -0.2) is 4.98 Å². The largest absolute Gasteiger partial charge is 0.365 e. The van der Waals surface area contributed by atoms with E-state index in [0.717, 1.165) is 23.6 Å². The summed E-state index contributed by atoms with van der Waals surface area (Å²) < 4.78 is 13.2. The van der Waals surface area contributed by atoms with Gasteiger partial charge in [0.2, 0.25) is 5.95 Å². The highest BCUT2D eigenvalue weighted by Gasteiger charge is 2.51. The quantitative estimate of drug-likeness (QED) is 0.806. The van der Waals surface area contributed by atoms with Crippen LogP contribution in [0.4, 0.5) is 10.2 Å². The van der Waals surface area contributed by atoms with E-state index in [0.29, 0.717) is 0 Å². The summed E-state index contributed by atoms with van der Waals surface area (Å²) in [6.45, 7) is 0. The predicted octanol–water partition coefficient (Wildman–Crippen LogP) is 3.60. The van der Waals surface area contributed by atoms with Gasteiger partial charge in [0.1, 0.15) is 5.82 Å². The lowest BCUT2D eigenvalue weighted by molar-refractivity contribution is 0.0105. The van der Waals surface area contributed by atoms with E-state index in [2.05, 4.69) is 10.3 Å². The van der Waals surface area contributed by atoms with Crippen LogP contribution < -0.4 is 5.32 Å². The van der Waals surface area contributed by atoms with Crippen molar-refractivity contribution in [2.45, 2.75) is 44.1 Å².